The highest BCUT2D eigenvalue weighted by molar-refractivity contribution is 9.10. The quantitative estimate of drug-likeness (QED) is 0.843. The van der Waals surface area contributed by atoms with Crippen LogP contribution in [0, 0.1) is 6.92 Å². The van der Waals surface area contributed by atoms with Crippen molar-refractivity contribution in [3.8, 4) is 0 Å². The molecule has 106 valence electrons. The fraction of sp³-hybridized carbons (Fsp3) is 0.312. The van der Waals surface area contributed by atoms with Gasteiger partial charge in [0.1, 0.15) is 0 Å². The van der Waals surface area contributed by atoms with Crippen LogP contribution in [0.25, 0.3) is 0 Å². The normalized spacial score (nSPS) is 12.4. The lowest BCUT2D eigenvalue weighted by molar-refractivity contribution is 0.544. The summed E-state index contributed by atoms with van der Waals surface area (Å²) in [7, 11) is 0. The topological polar surface area (TPSA) is 24.9 Å². The van der Waals surface area contributed by atoms with Gasteiger partial charge in [-0.25, -0.2) is 0 Å². The summed E-state index contributed by atoms with van der Waals surface area (Å²) in [4.78, 5) is 4.49. The second-order valence-electron chi connectivity index (χ2n) is 4.81. The second-order valence-corrected chi connectivity index (χ2v) is 6.08. The van der Waals surface area contributed by atoms with E-state index in [0.717, 1.165) is 28.2 Å². The van der Waals surface area contributed by atoms with E-state index in [-0.39, 0.29) is 6.04 Å². The van der Waals surface area contributed by atoms with Crippen molar-refractivity contribution >= 4 is 27.5 Å². The van der Waals surface area contributed by atoms with Gasteiger partial charge in [0.05, 0.1) is 5.02 Å². The SMILES string of the molecule is CCNC(Cc1ccc(C)cn1)c1ccc(Cl)c(Br)c1. The Hall–Kier alpha value is -0.900. The van der Waals surface area contributed by atoms with E-state index in [0.29, 0.717) is 0 Å². The molecule has 2 rings (SSSR count). The van der Waals surface area contributed by atoms with Crippen molar-refractivity contribution in [2.24, 2.45) is 0 Å². The van der Waals surface area contributed by atoms with Gasteiger partial charge in [0, 0.05) is 28.8 Å². The number of nitrogens with zero attached hydrogens (tertiary/aromatic N) is 1. The number of likely N-dealkylation sites (N-methyl/N-ethyl adjacent to an activating group) is 1. The minimum Gasteiger partial charge on any atom is -0.310 e. The maximum absolute atomic E-state index is 6.06. The summed E-state index contributed by atoms with van der Waals surface area (Å²) in [5, 5.41) is 4.24. The van der Waals surface area contributed by atoms with Crippen LogP contribution in [0.1, 0.15) is 29.8 Å². The van der Waals surface area contributed by atoms with Gasteiger partial charge in [-0.2, -0.15) is 0 Å². The van der Waals surface area contributed by atoms with Crippen LogP contribution in [0.2, 0.25) is 5.02 Å². The Balaban J connectivity index is 2.21. The van der Waals surface area contributed by atoms with E-state index >= 15 is 0 Å². The Bertz CT molecular complexity index is 569. The molecule has 1 N–H and O–H groups in total. The Kier molecular flexibility index (Phi) is 5.58. The van der Waals surface area contributed by atoms with Crippen LogP contribution < -0.4 is 5.32 Å². The molecule has 1 heterocycles. The predicted octanol–water partition coefficient (Wildman–Crippen LogP) is 4.70. The van der Waals surface area contributed by atoms with Gasteiger partial charge in [-0.05, 0) is 58.7 Å². The molecule has 0 aliphatic heterocycles. The molecule has 0 radical (unpaired) electrons. The second kappa shape index (κ2) is 7.21. The number of nitrogens with one attached hydrogen (secondary N) is 1. The van der Waals surface area contributed by atoms with Crippen molar-refractivity contribution < 1.29 is 0 Å². The lowest BCUT2D eigenvalue weighted by Crippen LogP contribution is -2.23. The first-order valence-corrected chi connectivity index (χ1v) is 7.87. The smallest absolute Gasteiger partial charge is 0.0548 e. The van der Waals surface area contributed by atoms with Gasteiger partial charge in [0.25, 0.3) is 0 Å². The van der Waals surface area contributed by atoms with Crippen LogP contribution in [-0.2, 0) is 6.42 Å². The van der Waals surface area contributed by atoms with Crippen LogP contribution in [0.15, 0.2) is 41.0 Å². The van der Waals surface area contributed by atoms with Crippen molar-refractivity contribution in [2.45, 2.75) is 26.3 Å². The fourth-order valence-electron chi connectivity index (χ4n) is 2.11. The molecule has 1 unspecified atom stereocenters. The minimum absolute atomic E-state index is 0.240. The molecular weight excluding hydrogens is 336 g/mol. The maximum atomic E-state index is 6.06. The summed E-state index contributed by atoms with van der Waals surface area (Å²) in [6.07, 6.45) is 2.78. The Morgan fingerprint density at radius 1 is 1.30 bits per heavy atom. The monoisotopic (exact) mass is 352 g/mol. The zero-order valence-electron chi connectivity index (χ0n) is 11.7. The van der Waals surface area contributed by atoms with E-state index in [2.05, 4.69) is 64.3 Å². The zero-order valence-corrected chi connectivity index (χ0v) is 14.0. The number of aromatic nitrogens is 1. The van der Waals surface area contributed by atoms with E-state index in [4.69, 9.17) is 11.6 Å². The molecule has 0 saturated carbocycles. The number of benzene rings is 1. The summed E-state index contributed by atoms with van der Waals surface area (Å²) < 4.78 is 0.927. The average Bonchev–Trinajstić information content (AvgIpc) is 2.44. The van der Waals surface area contributed by atoms with Crippen LogP contribution in [-0.4, -0.2) is 11.5 Å². The third-order valence-electron chi connectivity index (χ3n) is 3.18. The highest BCUT2D eigenvalue weighted by Crippen LogP contribution is 2.27. The summed E-state index contributed by atoms with van der Waals surface area (Å²) >= 11 is 9.55. The number of pyridine rings is 1. The molecule has 0 saturated heterocycles. The number of halogens is 2. The van der Waals surface area contributed by atoms with E-state index < -0.39 is 0 Å². The molecule has 0 fully saturated rings. The summed E-state index contributed by atoms with van der Waals surface area (Å²) in [6.45, 7) is 5.08. The Labute approximate surface area is 133 Å². The third-order valence-corrected chi connectivity index (χ3v) is 4.40. The largest absolute Gasteiger partial charge is 0.310 e. The fourth-order valence-corrected chi connectivity index (χ4v) is 2.63. The minimum atomic E-state index is 0.240. The van der Waals surface area contributed by atoms with Gasteiger partial charge in [0.15, 0.2) is 0 Å². The van der Waals surface area contributed by atoms with Crippen molar-refractivity contribution in [1.82, 2.24) is 10.3 Å². The highest BCUT2D eigenvalue weighted by Gasteiger charge is 2.13. The van der Waals surface area contributed by atoms with Gasteiger partial charge in [0.2, 0.25) is 0 Å². The standard InChI is InChI=1S/C16H18BrClN2/c1-3-19-16(9-13-6-4-11(2)10-20-13)12-5-7-15(18)14(17)8-12/h4-8,10,16,19H,3,9H2,1-2H3. The van der Waals surface area contributed by atoms with Gasteiger partial charge < -0.3 is 5.32 Å². The number of hydrogen-bond acceptors (Lipinski definition) is 2. The first-order chi connectivity index (χ1) is 9.60. The summed E-state index contributed by atoms with van der Waals surface area (Å²) in [5.74, 6) is 0. The molecule has 0 spiro atoms. The number of rotatable bonds is 5. The van der Waals surface area contributed by atoms with Crippen molar-refractivity contribution in [3.63, 3.8) is 0 Å². The van der Waals surface area contributed by atoms with Crippen molar-refractivity contribution in [3.05, 3.63) is 62.8 Å². The van der Waals surface area contributed by atoms with E-state index in [1.807, 2.05) is 12.3 Å². The molecule has 1 atom stereocenters. The van der Waals surface area contributed by atoms with Crippen molar-refractivity contribution in [2.75, 3.05) is 6.54 Å². The highest BCUT2D eigenvalue weighted by atomic mass is 79.9. The van der Waals surface area contributed by atoms with E-state index in [1.165, 1.54) is 11.1 Å². The first kappa shape index (κ1) is 15.5. The van der Waals surface area contributed by atoms with Gasteiger partial charge in [-0.1, -0.05) is 30.7 Å². The molecule has 0 amide bonds. The molecule has 0 bridgehead atoms. The summed E-state index contributed by atoms with van der Waals surface area (Å²) in [5.41, 5.74) is 3.49. The van der Waals surface area contributed by atoms with Gasteiger partial charge in [-0.3, -0.25) is 4.98 Å². The number of aryl methyl sites for hydroxylation is 1. The van der Waals surface area contributed by atoms with E-state index in [1.54, 1.807) is 0 Å². The van der Waals surface area contributed by atoms with Gasteiger partial charge in [-0.15, -0.1) is 0 Å². The van der Waals surface area contributed by atoms with Crippen LogP contribution in [0.5, 0.6) is 0 Å². The Morgan fingerprint density at radius 3 is 2.70 bits per heavy atom. The molecule has 1 aromatic carbocycles. The van der Waals surface area contributed by atoms with E-state index in [9.17, 15) is 0 Å². The average molecular weight is 354 g/mol. The molecular formula is C16H18BrClN2. The van der Waals surface area contributed by atoms with Crippen LogP contribution in [0.3, 0.4) is 0 Å². The Morgan fingerprint density at radius 2 is 2.10 bits per heavy atom. The maximum Gasteiger partial charge on any atom is 0.0548 e. The molecule has 2 aromatic rings. The lowest BCUT2D eigenvalue weighted by atomic mass is 10.0. The van der Waals surface area contributed by atoms with Crippen molar-refractivity contribution in [1.29, 1.82) is 0 Å². The lowest BCUT2D eigenvalue weighted by Gasteiger charge is -2.18. The van der Waals surface area contributed by atoms with Gasteiger partial charge >= 0.3 is 0 Å². The van der Waals surface area contributed by atoms with Crippen LogP contribution >= 0.6 is 27.5 Å². The summed E-state index contributed by atoms with van der Waals surface area (Å²) in [6, 6.07) is 10.5. The molecule has 2 nitrogen and oxygen atoms in total. The third kappa shape index (κ3) is 4.05. The molecule has 0 aliphatic rings. The zero-order chi connectivity index (χ0) is 14.5. The molecule has 0 aliphatic carbocycles. The van der Waals surface area contributed by atoms with Crippen LogP contribution in [0.4, 0.5) is 0 Å². The predicted molar refractivity (Wildman–Crippen MR) is 88.2 cm³/mol. The number of hydrogen-bond donors (Lipinski definition) is 1. The molecule has 20 heavy (non-hydrogen) atoms. The molecule has 4 heteroatoms. The first-order valence-electron chi connectivity index (χ1n) is 6.70. The molecule has 1 aromatic heterocycles.